The summed E-state index contributed by atoms with van der Waals surface area (Å²) in [7, 11) is 0. The number of nitrogens with two attached hydrogens (primary N) is 1. The van der Waals surface area contributed by atoms with E-state index in [1.165, 1.54) is 6.92 Å². The van der Waals surface area contributed by atoms with Crippen molar-refractivity contribution in [1.29, 1.82) is 0 Å². The number of aliphatic carboxylic acids is 1. The van der Waals surface area contributed by atoms with Gasteiger partial charge in [0.15, 0.2) is 0 Å². The maximum Gasteiger partial charge on any atom is 0.408 e. The third-order valence-corrected chi connectivity index (χ3v) is 3.40. The summed E-state index contributed by atoms with van der Waals surface area (Å²) in [5, 5.41) is 15.5. The standard InChI is InChI=1S/C17H22N4O7/c1-10(20-17(27)28-9-11-5-3-2-4-6-11)15(24)19-8-14(23)21-12(16(25)26)7-13(18)22/h2-6,10,12H,7-9H2,1H3,(H2,18,22)(H,19,24)(H,20,27)(H,21,23)(H,25,26)/t10-,12-/m0/s1. The molecule has 1 rings (SSSR count). The summed E-state index contributed by atoms with van der Waals surface area (Å²) >= 11 is 0. The molecule has 152 valence electrons. The molecule has 11 nitrogen and oxygen atoms in total. The first-order chi connectivity index (χ1) is 13.2. The molecule has 4 amide bonds. The molecule has 0 aliphatic rings. The summed E-state index contributed by atoms with van der Waals surface area (Å²) in [5.41, 5.74) is 5.68. The lowest BCUT2D eigenvalue weighted by Crippen LogP contribution is -2.50. The molecular weight excluding hydrogens is 372 g/mol. The van der Waals surface area contributed by atoms with Crippen LogP contribution in [-0.4, -0.2) is 53.5 Å². The average molecular weight is 394 g/mol. The van der Waals surface area contributed by atoms with Gasteiger partial charge in [-0.1, -0.05) is 30.3 Å². The van der Waals surface area contributed by atoms with Crippen LogP contribution in [-0.2, 0) is 30.5 Å². The molecule has 0 saturated carbocycles. The molecule has 1 aromatic carbocycles. The van der Waals surface area contributed by atoms with E-state index in [9.17, 15) is 24.0 Å². The first-order valence-electron chi connectivity index (χ1n) is 8.24. The van der Waals surface area contributed by atoms with Crippen LogP contribution in [0.4, 0.5) is 4.79 Å². The minimum atomic E-state index is -1.49. The van der Waals surface area contributed by atoms with Crippen LogP contribution < -0.4 is 21.7 Å². The van der Waals surface area contributed by atoms with Crippen LogP contribution in [0.15, 0.2) is 30.3 Å². The molecule has 0 unspecified atom stereocenters. The first-order valence-corrected chi connectivity index (χ1v) is 8.24. The highest BCUT2D eigenvalue weighted by Crippen LogP contribution is 2.00. The monoisotopic (exact) mass is 394 g/mol. The molecule has 11 heteroatoms. The SMILES string of the molecule is C[C@H](NC(=O)OCc1ccccc1)C(=O)NCC(=O)N[C@@H](CC(N)=O)C(=O)O. The largest absolute Gasteiger partial charge is 0.480 e. The number of amides is 4. The zero-order valence-corrected chi connectivity index (χ0v) is 15.1. The van der Waals surface area contributed by atoms with Crippen LogP contribution >= 0.6 is 0 Å². The maximum absolute atomic E-state index is 11.9. The van der Waals surface area contributed by atoms with Crippen molar-refractivity contribution in [3.63, 3.8) is 0 Å². The fraction of sp³-hybridized carbons (Fsp3) is 0.353. The maximum atomic E-state index is 11.9. The average Bonchev–Trinajstić information content (AvgIpc) is 2.64. The van der Waals surface area contributed by atoms with Crippen molar-refractivity contribution >= 4 is 29.8 Å². The summed E-state index contributed by atoms with van der Waals surface area (Å²) < 4.78 is 4.97. The number of primary amides is 1. The van der Waals surface area contributed by atoms with E-state index < -0.39 is 54.8 Å². The molecule has 0 spiro atoms. The molecular formula is C17H22N4O7. The molecule has 0 heterocycles. The van der Waals surface area contributed by atoms with Crippen LogP contribution in [0.5, 0.6) is 0 Å². The van der Waals surface area contributed by atoms with Crippen molar-refractivity contribution < 1.29 is 33.8 Å². The summed E-state index contributed by atoms with van der Waals surface area (Å²) in [6.45, 7) is 0.858. The third kappa shape index (κ3) is 8.65. The summed E-state index contributed by atoms with van der Waals surface area (Å²) in [6, 6.07) is 6.43. The highest BCUT2D eigenvalue weighted by molar-refractivity contribution is 5.92. The number of rotatable bonds is 10. The van der Waals surface area contributed by atoms with Gasteiger partial charge in [0.1, 0.15) is 18.7 Å². The zero-order valence-electron chi connectivity index (χ0n) is 15.1. The topological polar surface area (TPSA) is 177 Å². The van der Waals surface area contributed by atoms with E-state index in [1.807, 2.05) is 6.07 Å². The van der Waals surface area contributed by atoms with Gasteiger partial charge in [-0.25, -0.2) is 9.59 Å². The van der Waals surface area contributed by atoms with Crippen molar-refractivity contribution in [3.8, 4) is 0 Å². The number of hydrogen-bond donors (Lipinski definition) is 5. The second-order valence-corrected chi connectivity index (χ2v) is 5.77. The number of ether oxygens (including phenoxy) is 1. The molecule has 0 aliphatic heterocycles. The molecule has 0 bridgehead atoms. The number of hydrogen-bond acceptors (Lipinski definition) is 6. The smallest absolute Gasteiger partial charge is 0.408 e. The minimum absolute atomic E-state index is 0.0276. The number of alkyl carbamates (subject to hydrolysis) is 1. The highest BCUT2D eigenvalue weighted by atomic mass is 16.5. The fourth-order valence-electron chi connectivity index (χ4n) is 1.97. The number of carboxylic acids is 1. The van der Waals surface area contributed by atoms with E-state index in [-0.39, 0.29) is 6.61 Å². The zero-order chi connectivity index (χ0) is 21.1. The second-order valence-electron chi connectivity index (χ2n) is 5.77. The van der Waals surface area contributed by atoms with Gasteiger partial charge >= 0.3 is 12.1 Å². The molecule has 2 atom stereocenters. The van der Waals surface area contributed by atoms with Gasteiger partial charge < -0.3 is 31.5 Å². The predicted octanol–water partition coefficient (Wildman–Crippen LogP) is -1.14. The molecule has 0 saturated heterocycles. The fourth-order valence-corrected chi connectivity index (χ4v) is 1.97. The molecule has 0 radical (unpaired) electrons. The van der Waals surface area contributed by atoms with Gasteiger partial charge in [-0.2, -0.15) is 0 Å². The molecule has 28 heavy (non-hydrogen) atoms. The quantitative estimate of drug-likeness (QED) is 0.333. The van der Waals surface area contributed by atoms with E-state index in [0.717, 1.165) is 5.56 Å². The van der Waals surface area contributed by atoms with Crippen LogP contribution in [0.3, 0.4) is 0 Å². The van der Waals surface area contributed by atoms with Crippen LogP contribution in [0.2, 0.25) is 0 Å². The van der Waals surface area contributed by atoms with Crippen molar-refractivity contribution in [2.24, 2.45) is 5.73 Å². The molecule has 0 fully saturated rings. The van der Waals surface area contributed by atoms with Gasteiger partial charge in [-0.05, 0) is 12.5 Å². The lowest BCUT2D eigenvalue weighted by Gasteiger charge is -2.16. The van der Waals surface area contributed by atoms with E-state index in [1.54, 1.807) is 24.3 Å². The number of carboxylic acid groups (broad SMARTS) is 1. The van der Waals surface area contributed by atoms with Crippen molar-refractivity contribution in [3.05, 3.63) is 35.9 Å². The Morgan fingerprint density at radius 2 is 1.75 bits per heavy atom. The Morgan fingerprint density at radius 3 is 2.32 bits per heavy atom. The number of carbonyl (C=O) groups excluding carboxylic acids is 4. The van der Waals surface area contributed by atoms with Gasteiger partial charge in [0, 0.05) is 0 Å². The van der Waals surface area contributed by atoms with Gasteiger partial charge in [0.25, 0.3) is 0 Å². The Kier molecular flexibility index (Phi) is 8.93. The van der Waals surface area contributed by atoms with Gasteiger partial charge in [0.05, 0.1) is 13.0 Å². The van der Waals surface area contributed by atoms with E-state index in [0.29, 0.717) is 0 Å². The second kappa shape index (κ2) is 11.2. The van der Waals surface area contributed by atoms with Crippen LogP contribution in [0.1, 0.15) is 18.9 Å². The Morgan fingerprint density at radius 1 is 1.11 bits per heavy atom. The molecule has 1 aromatic rings. The summed E-state index contributed by atoms with van der Waals surface area (Å²) in [6.07, 6.45) is -1.40. The Labute approximate surface area is 160 Å². The third-order valence-electron chi connectivity index (χ3n) is 3.40. The first kappa shape index (κ1) is 22.4. The van der Waals surface area contributed by atoms with Crippen molar-refractivity contribution in [2.75, 3.05) is 6.54 Å². The highest BCUT2D eigenvalue weighted by Gasteiger charge is 2.23. The summed E-state index contributed by atoms with van der Waals surface area (Å²) in [5.74, 6) is -3.85. The summed E-state index contributed by atoms with van der Waals surface area (Å²) in [4.78, 5) is 57.0. The van der Waals surface area contributed by atoms with Crippen molar-refractivity contribution in [2.45, 2.75) is 32.0 Å². The number of nitrogens with one attached hydrogen (secondary N) is 3. The van der Waals surface area contributed by atoms with Crippen LogP contribution in [0, 0.1) is 0 Å². The van der Waals surface area contributed by atoms with Gasteiger partial charge in [-0.15, -0.1) is 0 Å². The van der Waals surface area contributed by atoms with Gasteiger partial charge in [-0.3, -0.25) is 14.4 Å². The predicted molar refractivity (Wildman–Crippen MR) is 95.6 cm³/mol. The molecule has 6 N–H and O–H groups in total. The lowest BCUT2D eigenvalue weighted by molar-refractivity contribution is -0.143. The lowest BCUT2D eigenvalue weighted by atomic mass is 10.2. The van der Waals surface area contributed by atoms with E-state index in [2.05, 4.69) is 16.0 Å². The van der Waals surface area contributed by atoms with Gasteiger partial charge in [0.2, 0.25) is 17.7 Å². The van der Waals surface area contributed by atoms with Crippen molar-refractivity contribution in [1.82, 2.24) is 16.0 Å². The Balaban J connectivity index is 2.36. The number of carbonyl (C=O) groups is 5. The minimum Gasteiger partial charge on any atom is -0.480 e. The number of benzene rings is 1. The molecule has 0 aromatic heterocycles. The Hall–Kier alpha value is -3.63. The van der Waals surface area contributed by atoms with Crippen LogP contribution in [0.25, 0.3) is 0 Å². The molecule has 0 aliphatic carbocycles. The Bertz CT molecular complexity index is 723. The van der Waals surface area contributed by atoms with E-state index in [4.69, 9.17) is 15.6 Å². The normalized spacial score (nSPS) is 12.2. The van der Waals surface area contributed by atoms with E-state index >= 15 is 0 Å².